The van der Waals surface area contributed by atoms with Gasteiger partial charge < -0.3 is 20.1 Å². The first-order chi connectivity index (χ1) is 14.1. The molecule has 0 spiro atoms. The highest BCUT2D eigenvalue weighted by Gasteiger charge is 2.39. The van der Waals surface area contributed by atoms with E-state index in [1.54, 1.807) is 4.90 Å². The van der Waals surface area contributed by atoms with Crippen LogP contribution in [0.3, 0.4) is 0 Å². The molecule has 3 N–H and O–H groups in total. The van der Waals surface area contributed by atoms with Gasteiger partial charge in [-0.25, -0.2) is 0 Å². The zero-order valence-electron chi connectivity index (χ0n) is 15.8. The monoisotopic (exact) mass is 395 g/mol. The van der Waals surface area contributed by atoms with Gasteiger partial charge in [-0.3, -0.25) is 19.7 Å². The SMILES string of the molecule is O=C1CCC(N2Cc3cccc(CNc4onc5c4CNCC5)c3C2=O)C(=O)N1. The summed E-state index contributed by atoms with van der Waals surface area (Å²) in [7, 11) is 0. The largest absolute Gasteiger partial charge is 0.350 e. The van der Waals surface area contributed by atoms with Crippen molar-refractivity contribution in [3.05, 3.63) is 46.1 Å². The number of nitrogens with one attached hydrogen (secondary N) is 3. The quantitative estimate of drug-likeness (QED) is 0.652. The number of anilines is 1. The van der Waals surface area contributed by atoms with E-state index in [1.165, 1.54) is 0 Å². The lowest BCUT2D eigenvalue weighted by atomic mass is 10.0. The van der Waals surface area contributed by atoms with Crippen molar-refractivity contribution in [3.63, 3.8) is 0 Å². The van der Waals surface area contributed by atoms with E-state index in [-0.39, 0.29) is 18.2 Å². The van der Waals surface area contributed by atoms with Crippen molar-refractivity contribution in [3.8, 4) is 0 Å². The van der Waals surface area contributed by atoms with Crippen LogP contribution < -0.4 is 16.0 Å². The fourth-order valence-corrected chi connectivity index (χ4v) is 4.29. The van der Waals surface area contributed by atoms with E-state index in [0.29, 0.717) is 37.5 Å². The number of fused-ring (bicyclic) bond motifs is 2. The second kappa shape index (κ2) is 7.00. The molecule has 4 heterocycles. The summed E-state index contributed by atoms with van der Waals surface area (Å²) in [5.41, 5.74) is 4.35. The molecule has 1 fully saturated rings. The van der Waals surface area contributed by atoms with Crippen LogP contribution in [0.5, 0.6) is 0 Å². The summed E-state index contributed by atoms with van der Waals surface area (Å²) in [5.74, 6) is -0.238. The van der Waals surface area contributed by atoms with Crippen molar-refractivity contribution in [2.24, 2.45) is 0 Å². The topological polar surface area (TPSA) is 117 Å². The van der Waals surface area contributed by atoms with E-state index >= 15 is 0 Å². The molecule has 1 aromatic heterocycles. The molecule has 1 aromatic carbocycles. The van der Waals surface area contributed by atoms with Gasteiger partial charge in [-0.2, -0.15) is 0 Å². The molecule has 1 unspecified atom stereocenters. The van der Waals surface area contributed by atoms with Crippen LogP contribution in [0.1, 0.15) is 45.6 Å². The average Bonchev–Trinajstić information content (AvgIpc) is 3.28. The first kappa shape index (κ1) is 17.9. The molecule has 150 valence electrons. The lowest BCUT2D eigenvalue weighted by Gasteiger charge is -2.29. The molecule has 9 heteroatoms. The Labute approximate surface area is 166 Å². The van der Waals surface area contributed by atoms with Crippen molar-refractivity contribution in [2.45, 2.75) is 44.9 Å². The van der Waals surface area contributed by atoms with E-state index in [1.807, 2.05) is 18.2 Å². The van der Waals surface area contributed by atoms with Gasteiger partial charge in [0.1, 0.15) is 6.04 Å². The van der Waals surface area contributed by atoms with Gasteiger partial charge in [-0.15, -0.1) is 0 Å². The predicted molar refractivity (Wildman–Crippen MR) is 102 cm³/mol. The fraction of sp³-hybridized carbons (Fsp3) is 0.400. The number of amides is 3. The Kier molecular flexibility index (Phi) is 4.31. The van der Waals surface area contributed by atoms with Crippen LogP contribution in [0.15, 0.2) is 22.7 Å². The lowest BCUT2D eigenvalue weighted by Crippen LogP contribution is -2.52. The summed E-state index contributed by atoms with van der Waals surface area (Å²) in [6, 6.07) is 5.11. The van der Waals surface area contributed by atoms with Crippen LogP contribution >= 0.6 is 0 Å². The van der Waals surface area contributed by atoms with Crippen LogP contribution in [0.25, 0.3) is 0 Å². The number of rotatable bonds is 4. The van der Waals surface area contributed by atoms with Crippen LogP contribution in [-0.4, -0.2) is 40.4 Å². The third-order valence-corrected chi connectivity index (χ3v) is 5.79. The number of nitrogens with zero attached hydrogens (tertiary/aromatic N) is 2. The van der Waals surface area contributed by atoms with Gasteiger partial charge in [0.25, 0.3) is 5.91 Å². The Morgan fingerprint density at radius 1 is 1.24 bits per heavy atom. The number of carbonyl (C=O) groups is 3. The molecule has 3 aliphatic heterocycles. The molecule has 0 saturated carbocycles. The normalized spacial score (nSPS) is 21.0. The van der Waals surface area contributed by atoms with Crippen LogP contribution in [0.4, 0.5) is 5.88 Å². The van der Waals surface area contributed by atoms with Gasteiger partial charge in [0, 0.05) is 44.6 Å². The molecule has 2 aromatic rings. The Hall–Kier alpha value is -3.20. The number of imide groups is 1. The first-order valence-electron chi connectivity index (χ1n) is 9.79. The number of aromatic nitrogens is 1. The lowest BCUT2D eigenvalue weighted by molar-refractivity contribution is -0.136. The molecule has 5 rings (SSSR count). The second-order valence-corrected chi connectivity index (χ2v) is 7.57. The maximum atomic E-state index is 13.1. The molecule has 1 saturated heterocycles. The first-order valence-corrected chi connectivity index (χ1v) is 9.79. The molecule has 3 aliphatic rings. The maximum absolute atomic E-state index is 13.1. The Morgan fingerprint density at radius 2 is 2.14 bits per heavy atom. The molecule has 3 amide bonds. The van der Waals surface area contributed by atoms with E-state index in [4.69, 9.17) is 4.52 Å². The third-order valence-electron chi connectivity index (χ3n) is 5.79. The highest BCUT2D eigenvalue weighted by Crippen LogP contribution is 2.31. The summed E-state index contributed by atoms with van der Waals surface area (Å²) >= 11 is 0. The predicted octanol–water partition coefficient (Wildman–Crippen LogP) is 0.693. The Bertz CT molecular complexity index is 1010. The number of hydrogen-bond donors (Lipinski definition) is 3. The fourth-order valence-electron chi connectivity index (χ4n) is 4.29. The van der Waals surface area contributed by atoms with E-state index < -0.39 is 11.9 Å². The summed E-state index contributed by atoms with van der Waals surface area (Å²) in [4.78, 5) is 38.3. The molecule has 0 bridgehead atoms. The van der Waals surface area contributed by atoms with Crippen molar-refractivity contribution < 1.29 is 18.9 Å². The van der Waals surface area contributed by atoms with Crippen molar-refractivity contribution >= 4 is 23.6 Å². The highest BCUT2D eigenvalue weighted by atomic mass is 16.5. The highest BCUT2D eigenvalue weighted by molar-refractivity contribution is 6.06. The second-order valence-electron chi connectivity index (χ2n) is 7.57. The summed E-state index contributed by atoms with van der Waals surface area (Å²) in [6.07, 6.45) is 1.44. The number of hydrogen-bond acceptors (Lipinski definition) is 7. The minimum absolute atomic E-state index is 0.173. The van der Waals surface area contributed by atoms with Crippen LogP contribution in [0.2, 0.25) is 0 Å². The number of carbonyl (C=O) groups excluding carboxylic acids is 3. The number of piperidine rings is 1. The standard InChI is InChI=1S/C20H21N5O4/c26-16-5-4-15(18(27)23-16)25-10-12-3-1-2-11(17(12)20(25)28)8-22-19-13-9-21-7-6-14(13)24-29-19/h1-3,15,21-22H,4-10H2,(H,23,26,27). The molecule has 1 atom stereocenters. The zero-order chi connectivity index (χ0) is 20.0. The van der Waals surface area contributed by atoms with Gasteiger partial charge in [0.15, 0.2) is 0 Å². The van der Waals surface area contributed by atoms with Crippen molar-refractivity contribution in [1.82, 2.24) is 20.7 Å². The summed E-state index contributed by atoms with van der Waals surface area (Å²) in [6.45, 7) is 2.38. The van der Waals surface area contributed by atoms with Crippen molar-refractivity contribution in [2.75, 3.05) is 11.9 Å². The van der Waals surface area contributed by atoms with Crippen LogP contribution in [-0.2, 0) is 35.6 Å². The van der Waals surface area contributed by atoms with E-state index in [9.17, 15) is 14.4 Å². The molecule has 0 radical (unpaired) electrons. The molecular formula is C20H21N5O4. The van der Waals surface area contributed by atoms with Gasteiger partial charge in [0.05, 0.1) is 11.3 Å². The molecule has 29 heavy (non-hydrogen) atoms. The summed E-state index contributed by atoms with van der Waals surface area (Å²) in [5, 5.41) is 13.0. The molecule has 9 nitrogen and oxygen atoms in total. The van der Waals surface area contributed by atoms with Gasteiger partial charge in [-0.05, 0) is 17.5 Å². The smallest absolute Gasteiger partial charge is 0.255 e. The molecule has 0 aliphatic carbocycles. The van der Waals surface area contributed by atoms with Crippen molar-refractivity contribution in [1.29, 1.82) is 0 Å². The Balaban J connectivity index is 1.35. The zero-order valence-corrected chi connectivity index (χ0v) is 15.8. The van der Waals surface area contributed by atoms with Gasteiger partial charge in [0.2, 0.25) is 17.7 Å². The maximum Gasteiger partial charge on any atom is 0.255 e. The average molecular weight is 395 g/mol. The van der Waals surface area contributed by atoms with Gasteiger partial charge >= 0.3 is 0 Å². The minimum Gasteiger partial charge on any atom is -0.350 e. The third kappa shape index (κ3) is 3.07. The molecular weight excluding hydrogens is 374 g/mol. The van der Waals surface area contributed by atoms with Crippen LogP contribution in [0, 0.1) is 0 Å². The van der Waals surface area contributed by atoms with Gasteiger partial charge in [-0.1, -0.05) is 23.4 Å². The summed E-state index contributed by atoms with van der Waals surface area (Å²) < 4.78 is 5.44. The Morgan fingerprint density at radius 3 is 3.00 bits per heavy atom. The van der Waals surface area contributed by atoms with E-state index in [0.717, 1.165) is 35.3 Å². The van der Waals surface area contributed by atoms with E-state index in [2.05, 4.69) is 21.1 Å². The number of benzene rings is 1. The minimum atomic E-state index is -0.610.